The molecule has 1 atom stereocenters. The second-order valence-electron chi connectivity index (χ2n) is 8.69. The molecular weight excluding hydrogens is 440 g/mol. The maximum Gasteiger partial charge on any atom is 0.255 e. The summed E-state index contributed by atoms with van der Waals surface area (Å²) in [5.74, 6) is 0.0823. The first-order valence-corrected chi connectivity index (χ1v) is 11.9. The van der Waals surface area contributed by atoms with Gasteiger partial charge in [-0.1, -0.05) is 90.5 Å². The molecule has 0 radical (unpaired) electrons. The van der Waals surface area contributed by atoms with E-state index in [4.69, 9.17) is 11.6 Å². The smallest absolute Gasteiger partial charge is 0.255 e. The van der Waals surface area contributed by atoms with Gasteiger partial charge in [0.05, 0.1) is 11.7 Å². The number of hydrogen-bond donors (Lipinski definition) is 1. The van der Waals surface area contributed by atoms with Crippen molar-refractivity contribution in [3.63, 3.8) is 0 Å². The third-order valence-corrected chi connectivity index (χ3v) is 6.95. The Bertz CT molecular complexity index is 1490. The van der Waals surface area contributed by atoms with Crippen LogP contribution < -0.4 is 0 Å². The first kappa shape index (κ1) is 20.8. The third-order valence-electron chi connectivity index (χ3n) is 6.70. The lowest BCUT2D eigenvalue weighted by Gasteiger charge is -2.27. The molecular formula is C30H23ClN2O. The molecule has 2 heterocycles. The molecule has 166 valence electrons. The van der Waals surface area contributed by atoms with Gasteiger partial charge in [0.25, 0.3) is 5.91 Å². The van der Waals surface area contributed by atoms with E-state index in [9.17, 15) is 4.79 Å². The highest BCUT2D eigenvalue weighted by molar-refractivity contribution is 6.30. The average molecular weight is 463 g/mol. The van der Waals surface area contributed by atoms with Crippen LogP contribution in [0.25, 0.3) is 22.2 Å². The molecule has 0 unspecified atom stereocenters. The van der Waals surface area contributed by atoms with Crippen LogP contribution in [-0.2, 0) is 6.42 Å². The summed E-state index contributed by atoms with van der Waals surface area (Å²) in [6.45, 7) is 0.619. The number of rotatable bonds is 5. The number of benzene rings is 4. The fraction of sp³-hybridized carbons (Fsp3) is 0.100. The van der Waals surface area contributed by atoms with Crippen LogP contribution in [0.5, 0.6) is 0 Å². The quantitative estimate of drug-likeness (QED) is 0.293. The number of amides is 1. The molecule has 0 saturated heterocycles. The Labute approximate surface area is 203 Å². The summed E-state index contributed by atoms with van der Waals surface area (Å²) < 4.78 is 0. The number of carbonyl (C=O) groups excluding carboxylic acids is 1. The SMILES string of the molecule is O=C1c2ccccc2[C@@H](c2c(-c3ccccc3)[nH]c3ccccc23)N1CCc1ccc(Cl)cc1. The fourth-order valence-corrected chi connectivity index (χ4v) is 5.22. The van der Waals surface area contributed by atoms with Crippen molar-refractivity contribution >= 4 is 28.4 Å². The highest BCUT2D eigenvalue weighted by Gasteiger charge is 2.39. The van der Waals surface area contributed by atoms with E-state index in [2.05, 4.69) is 53.5 Å². The van der Waals surface area contributed by atoms with Crippen LogP contribution in [0.2, 0.25) is 5.02 Å². The van der Waals surface area contributed by atoms with Gasteiger partial charge in [0.15, 0.2) is 0 Å². The Morgan fingerprint density at radius 2 is 1.50 bits per heavy atom. The van der Waals surface area contributed by atoms with E-state index in [1.807, 2.05) is 59.5 Å². The standard InChI is InChI=1S/C30H23ClN2O/c31-22-16-14-20(15-17-22)18-19-33-29(23-10-4-5-11-24(23)30(33)34)27-25-12-6-7-13-26(25)32-28(27)21-8-2-1-3-9-21/h1-17,29,32H,18-19H2/t29-/m0/s1. The molecule has 1 N–H and O–H groups in total. The fourth-order valence-electron chi connectivity index (χ4n) is 5.09. The minimum Gasteiger partial charge on any atom is -0.354 e. The van der Waals surface area contributed by atoms with Crippen LogP contribution in [0, 0.1) is 0 Å². The van der Waals surface area contributed by atoms with Gasteiger partial charge in [-0.05, 0) is 47.4 Å². The van der Waals surface area contributed by atoms with Gasteiger partial charge in [0, 0.05) is 33.6 Å². The molecule has 4 aromatic carbocycles. The maximum atomic E-state index is 13.7. The van der Waals surface area contributed by atoms with Crippen LogP contribution in [0.4, 0.5) is 0 Å². The van der Waals surface area contributed by atoms with E-state index in [-0.39, 0.29) is 11.9 Å². The van der Waals surface area contributed by atoms with Crippen molar-refractivity contribution in [2.75, 3.05) is 6.54 Å². The Hall–Kier alpha value is -3.82. The van der Waals surface area contributed by atoms with Crippen molar-refractivity contribution in [2.24, 2.45) is 0 Å². The summed E-state index contributed by atoms with van der Waals surface area (Å²) in [5, 5.41) is 1.87. The van der Waals surface area contributed by atoms with Crippen LogP contribution in [0.3, 0.4) is 0 Å². The second-order valence-corrected chi connectivity index (χ2v) is 9.13. The van der Waals surface area contributed by atoms with Crippen LogP contribution in [0.15, 0.2) is 103 Å². The Morgan fingerprint density at radius 1 is 0.794 bits per heavy atom. The molecule has 3 nitrogen and oxygen atoms in total. The maximum absolute atomic E-state index is 13.7. The van der Waals surface area contributed by atoms with Crippen molar-refractivity contribution < 1.29 is 4.79 Å². The number of halogens is 1. The van der Waals surface area contributed by atoms with Gasteiger partial charge < -0.3 is 9.88 Å². The summed E-state index contributed by atoms with van der Waals surface area (Å²) >= 11 is 6.08. The number of hydrogen-bond acceptors (Lipinski definition) is 1. The summed E-state index contributed by atoms with van der Waals surface area (Å²) in [5.41, 5.74) is 7.41. The minimum atomic E-state index is -0.164. The zero-order valence-electron chi connectivity index (χ0n) is 18.5. The average Bonchev–Trinajstić information content (AvgIpc) is 3.39. The molecule has 6 rings (SSSR count). The lowest BCUT2D eigenvalue weighted by molar-refractivity contribution is 0.0753. The van der Waals surface area contributed by atoms with Crippen LogP contribution in [-0.4, -0.2) is 22.3 Å². The van der Waals surface area contributed by atoms with E-state index in [0.717, 1.165) is 55.9 Å². The van der Waals surface area contributed by atoms with Gasteiger partial charge >= 0.3 is 0 Å². The first-order valence-electron chi connectivity index (χ1n) is 11.5. The van der Waals surface area contributed by atoms with Gasteiger partial charge in [-0.15, -0.1) is 0 Å². The van der Waals surface area contributed by atoms with Gasteiger partial charge in [-0.2, -0.15) is 0 Å². The molecule has 1 aliphatic rings. The van der Waals surface area contributed by atoms with Gasteiger partial charge in [0.2, 0.25) is 0 Å². The lowest BCUT2D eigenvalue weighted by atomic mass is 9.93. The van der Waals surface area contributed by atoms with Crippen LogP contribution >= 0.6 is 11.6 Å². The largest absolute Gasteiger partial charge is 0.354 e. The predicted molar refractivity (Wildman–Crippen MR) is 138 cm³/mol. The summed E-state index contributed by atoms with van der Waals surface area (Å²) in [6, 6.07) is 34.5. The summed E-state index contributed by atoms with van der Waals surface area (Å²) in [7, 11) is 0. The van der Waals surface area contributed by atoms with Crippen molar-refractivity contribution in [3.8, 4) is 11.3 Å². The molecule has 0 saturated carbocycles. The van der Waals surface area contributed by atoms with E-state index >= 15 is 0 Å². The van der Waals surface area contributed by atoms with E-state index < -0.39 is 0 Å². The topological polar surface area (TPSA) is 36.1 Å². The predicted octanol–water partition coefficient (Wildman–Crippen LogP) is 7.28. The second kappa shape index (κ2) is 8.51. The monoisotopic (exact) mass is 462 g/mol. The molecule has 0 aliphatic carbocycles. The minimum absolute atomic E-state index is 0.0823. The molecule has 0 spiro atoms. The first-order chi connectivity index (χ1) is 16.7. The molecule has 34 heavy (non-hydrogen) atoms. The zero-order valence-corrected chi connectivity index (χ0v) is 19.3. The number of para-hydroxylation sites is 1. The number of nitrogens with one attached hydrogen (secondary N) is 1. The third kappa shape index (κ3) is 3.49. The number of aromatic nitrogens is 1. The number of H-pyrrole nitrogens is 1. The van der Waals surface area contributed by atoms with E-state index in [1.54, 1.807) is 0 Å². The molecule has 0 bridgehead atoms. The highest BCUT2D eigenvalue weighted by Crippen LogP contribution is 2.45. The molecule has 0 fully saturated rings. The lowest BCUT2D eigenvalue weighted by Crippen LogP contribution is -2.31. The Morgan fingerprint density at radius 3 is 2.32 bits per heavy atom. The van der Waals surface area contributed by atoms with Crippen LogP contribution in [0.1, 0.15) is 33.1 Å². The molecule has 1 amide bonds. The van der Waals surface area contributed by atoms with Gasteiger partial charge in [0.1, 0.15) is 0 Å². The molecule has 4 heteroatoms. The molecule has 1 aliphatic heterocycles. The van der Waals surface area contributed by atoms with Gasteiger partial charge in [-0.25, -0.2) is 0 Å². The normalized spacial score (nSPS) is 15.1. The summed E-state index contributed by atoms with van der Waals surface area (Å²) in [6.07, 6.45) is 0.760. The van der Waals surface area contributed by atoms with Crippen molar-refractivity contribution in [1.82, 2.24) is 9.88 Å². The van der Waals surface area contributed by atoms with Crippen molar-refractivity contribution in [1.29, 1.82) is 0 Å². The Balaban J connectivity index is 1.51. The number of carbonyl (C=O) groups is 1. The zero-order chi connectivity index (χ0) is 23.1. The van der Waals surface area contributed by atoms with Gasteiger partial charge in [-0.3, -0.25) is 4.79 Å². The molecule has 1 aromatic heterocycles. The molecule has 5 aromatic rings. The highest BCUT2D eigenvalue weighted by atomic mass is 35.5. The summed E-state index contributed by atoms with van der Waals surface area (Å²) in [4.78, 5) is 19.3. The van der Waals surface area contributed by atoms with E-state index in [0.29, 0.717) is 6.54 Å². The Kier molecular flexibility index (Phi) is 5.20. The number of nitrogens with zero attached hydrogens (tertiary/aromatic N) is 1. The number of fused-ring (bicyclic) bond motifs is 2. The van der Waals surface area contributed by atoms with Crippen molar-refractivity contribution in [3.05, 3.63) is 130 Å². The number of aromatic amines is 1. The van der Waals surface area contributed by atoms with Crippen molar-refractivity contribution in [2.45, 2.75) is 12.5 Å². The van der Waals surface area contributed by atoms with E-state index in [1.165, 1.54) is 0 Å².